The summed E-state index contributed by atoms with van der Waals surface area (Å²) < 4.78 is 0. The van der Waals surface area contributed by atoms with Gasteiger partial charge < -0.3 is 4.90 Å². The normalized spacial score (nSPS) is 16.6. The van der Waals surface area contributed by atoms with Crippen molar-refractivity contribution in [2.45, 2.75) is 26.2 Å². The fourth-order valence-corrected chi connectivity index (χ4v) is 2.37. The van der Waals surface area contributed by atoms with Gasteiger partial charge in [0.05, 0.1) is 0 Å². The summed E-state index contributed by atoms with van der Waals surface area (Å²) in [5.74, 6) is 0.516. The Morgan fingerprint density at radius 1 is 1.28 bits per heavy atom. The zero-order valence-electron chi connectivity index (χ0n) is 10.6. The summed E-state index contributed by atoms with van der Waals surface area (Å²) in [4.78, 5) is 29.5. The third-order valence-corrected chi connectivity index (χ3v) is 3.51. The molecule has 4 nitrogen and oxygen atoms in total. The Labute approximate surface area is 107 Å². The summed E-state index contributed by atoms with van der Waals surface area (Å²) in [5, 5.41) is 0. The number of hydrogen-bond acceptors (Lipinski definition) is 3. The Kier molecular flexibility index (Phi) is 4.07. The van der Waals surface area contributed by atoms with Crippen molar-refractivity contribution in [3.63, 3.8) is 0 Å². The lowest BCUT2D eigenvalue weighted by atomic mass is 9.91. The van der Waals surface area contributed by atoms with Gasteiger partial charge in [0.1, 0.15) is 5.78 Å². The van der Waals surface area contributed by atoms with E-state index in [2.05, 4.69) is 4.98 Å². The number of Topliss-reactive ketones (excluding diaryl/α,β-unsaturated/α-hetero) is 1. The van der Waals surface area contributed by atoms with Crippen LogP contribution < -0.4 is 0 Å². The van der Waals surface area contributed by atoms with Crippen LogP contribution in [-0.2, 0) is 4.79 Å². The molecule has 0 N–H and O–H groups in total. The number of hydrogen-bond donors (Lipinski definition) is 0. The van der Waals surface area contributed by atoms with Gasteiger partial charge in [-0.05, 0) is 25.0 Å². The number of amides is 1. The molecule has 18 heavy (non-hydrogen) atoms. The first kappa shape index (κ1) is 12.7. The molecule has 0 aliphatic carbocycles. The minimum Gasteiger partial charge on any atom is -0.339 e. The Morgan fingerprint density at radius 2 is 1.89 bits per heavy atom. The van der Waals surface area contributed by atoms with Gasteiger partial charge in [-0.15, -0.1) is 0 Å². The van der Waals surface area contributed by atoms with E-state index in [-0.39, 0.29) is 11.8 Å². The van der Waals surface area contributed by atoms with Crippen LogP contribution in [0.1, 0.15) is 36.5 Å². The molecule has 96 valence electrons. The predicted molar refractivity (Wildman–Crippen MR) is 68.2 cm³/mol. The maximum Gasteiger partial charge on any atom is 0.253 e. The number of likely N-dealkylation sites (tertiary alicyclic amines) is 1. The summed E-state index contributed by atoms with van der Waals surface area (Å²) in [7, 11) is 0. The van der Waals surface area contributed by atoms with Gasteiger partial charge in [0.25, 0.3) is 5.91 Å². The number of nitrogens with zero attached hydrogens (tertiary/aromatic N) is 2. The zero-order chi connectivity index (χ0) is 13.0. The van der Waals surface area contributed by atoms with Crippen molar-refractivity contribution in [1.29, 1.82) is 0 Å². The minimum absolute atomic E-state index is 0.0415. The number of carbonyl (C=O) groups excluding carboxylic acids is 2. The predicted octanol–water partition coefficient (Wildman–Crippen LogP) is 1.91. The summed E-state index contributed by atoms with van der Waals surface area (Å²) >= 11 is 0. The number of aromatic nitrogens is 1. The van der Waals surface area contributed by atoms with Crippen molar-refractivity contribution < 1.29 is 9.59 Å². The van der Waals surface area contributed by atoms with E-state index in [1.165, 1.54) is 0 Å². The molecule has 0 atom stereocenters. The lowest BCUT2D eigenvalue weighted by Crippen LogP contribution is -2.40. The standard InChI is InChI=1S/C14H18N2O2/c1-2-13(17)11-5-9-16(10-6-11)14(18)12-3-7-15-8-4-12/h3-4,7-8,11H,2,5-6,9-10H2,1H3. The largest absolute Gasteiger partial charge is 0.339 e. The molecule has 1 aliphatic rings. The minimum atomic E-state index is 0.0415. The van der Waals surface area contributed by atoms with Crippen molar-refractivity contribution in [3.8, 4) is 0 Å². The van der Waals surface area contributed by atoms with Crippen LogP contribution in [0.15, 0.2) is 24.5 Å². The summed E-state index contributed by atoms with van der Waals surface area (Å²) in [6, 6.07) is 3.46. The Bertz CT molecular complexity index is 423. The number of ketones is 1. The second-order valence-electron chi connectivity index (χ2n) is 4.62. The van der Waals surface area contributed by atoms with Crippen LogP contribution >= 0.6 is 0 Å². The molecular weight excluding hydrogens is 228 g/mol. The van der Waals surface area contributed by atoms with Crippen molar-refractivity contribution >= 4 is 11.7 Å². The molecule has 0 spiro atoms. The number of rotatable bonds is 3. The van der Waals surface area contributed by atoms with Crippen LogP contribution in [-0.4, -0.2) is 34.7 Å². The van der Waals surface area contributed by atoms with Gasteiger partial charge in [-0.1, -0.05) is 6.92 Å². The summed E-state index contributed by atoms with van der Waals surface area (Å²) in [6.45, 7) is 3.26. The zero-order valence-corrected chi connectivity index (χ0v) is 10.6. The van der Waals surface area contributed by atoms with E-state index in [0.717, 1.165) is 12.8 Å². The molecule has 0 unspecified atom stereocenters. The summed E-state index contributed by atoms with van der Waals surface area (Å²) in [5.41, 5.74) is 0.672. The highest BCUT2D eigenvalue weighted by molar-refractivity contribution is 5.94. The lowest BCUT2D eigenvalue weighted by Gasteiger charge is -2.31. The monoisotopic (exact) mass is 246 g/mol. The maximum absolute atomic E-state index is 12.2. The molecule has 0 radical (unpaired) electrons. The summed E-state index contributed by atoms with van der Waals surface area (Å²) in [6.07, 6.45) is 5.44. The SMILES string of the molecule is CCC(=O)C1CCN(C(=O)c2ccncc2)CC1. The topological polar surface area (TPSA) is 50.3 Å². The molecule has 2 heterocycles. The third kappa shape index (κ3) is 2.75. The van der Waals surface area contributed by atoms with E-state index >= 15 is 0 Å². The van der Waals surface area contributed by atoms with Crippen molar-refractivity contribution in [2.24, 2.45) is 5.92 Å². The quantitative estimate of drug-likeness (QED) is 0.818. The van der Waals surface area contributed by atoms with Gasteiger partial charge in [0, 0.05) is 43.4 Å². The van der Waals surface area contributed by atoms with Crippen LogP contribution in [0.5, 0.6) is 0 Å². The van der Waals surface area contributed by atoms with Crippen LogP contribution in [0.2, 0.25) is 0 Å². The van der Waals surface area contributed by atoms with Gasteiger partial charge in [0.15, 0.2) is 0 Å². The Balaban J connectivity index is 1.94. The average Bonchev–Trinajstić information content (AvgIpc) is 2.47. The second kappa shape index (κ2) is 5.76. The van der Waals surface area contributed by atoms with E-state index in [9.17, 15) is 9.59 Å². The molecule has 4 heteroatoms. The van der Waals surface area contributed by atoms with Gasteiger partial charge in [-0.2, -0.15) is 0 Å². The van der Waals surface area contributed by atoms with E-state index in [0.29, 0.717) is 30.9 Å². The van der Waals surface area contributed by atoms with Gasteiger partial charge >= 0.3 is 0 Å². The van der Waals surface area contributed by atoms with Crippen molar-refractivity contribution in [2.75, 3.05) is 13.1 Å². The molecule has 1 amide bonds. The molecular formula is C14H18N2O2. The van der Waals surface area contributed by atoms with Gasteiger partial charge in [0.2, 0.25) is 0 Å². The molecule has 2 rings (SSSR count). The first-order valence-electron chi connectivity index (χ1n) is 6.44. The number of pyridine rings is 1. The van der Waals surface area contributed by atoms with E-state index in [1.54, 1.807) is 24.5 Å². The van der Waals surface area contributed by atoms with Crippen molar-refractivity contribution in [3.05, 3.63) is 30.1 Å². The van der Waals surface area contributed by atoms with E-state index in [4.69, 9.17) is 0 Å². The molecule has 1 fully saturated rings. The molecule has 1 saturated heterocycles. The first-order valence-corrected chi connectivity index (χ1v) is 6.44. The Hall–Kier alpha value is -1.71. The maximum atomic E-state index is 12.2. The smallest absolute Gasteiger partial charge is 0.253 e. The van der Waals surface area contributed by atoms with Gasteiger partial charge in [-0.3, -0.25) is 14.6 Å². The lowest BCUT2D eigenvalue weighted by molar-refractivity contribution is -0.123. The molecule has 1 aromatic heterocycles. The molecule has 0 bridgehead atoms. The average molecular weight is 246 g/mol. The highest BCUT2D eigenvalue weighted by Crippen LogP contribution is 2.20. The van der Waals surface area contributed by atoms with E-state index < -0.39 is 0 Å². The second-order valence-corrected chi connectivity index (χ2v) is 4.62. The van der Waals surface area contributed by atoms with Crippen LogP contribution in [0.4, 0.5) is 0 Å². The van der Waals surface area contributed by atoms with Crippen molar-refractivity contribution in [1.82, 2.24) is 9.88 Å². The molecule has 1 aromatic rings. The molecule has 0 aromatic carbocycles. The fourth-order valence-electron chi connectivity index (χ4n) is 2.37. The molecule has 1 aliphatic heterocycles. The Morgan fingerprint density at radius 3 is 2.44 bits per heavy atom. The fraction of sp³-hybridized carbons (Fsp3) is 0.500. The number of piperidine rings is 1. The first-order chi connectivity index (χ1) is 8.72. The molecule has 0 saturated carbocycles. The van der Waals surface area contributed by atoms with Gasteiger partial charge in [-0.25, -0.2) is 0 Å². The van der Waals surface area contributed by atoms with Crippen LogP contribution in [0, 0.1) is 5.92 Å². The number of carbonyl (C=O) groups is 2. The van der Waals surface area contributed by atoms with E-state index in [1.807, 2.05) is 11.8 Å². The van der Waals surface area contributed by atoms with Crippen LogP contribution in [0.3, 0.4) is 0 Å². The highest BCUT2D eigenvalue weighted by atomic mass is 16.2. The highest BCUT2D eigenvalue weighted by Gasteiger charge is 2.26. The third-order valence-electron chi connectivity index (χ3n) is 3.51. The van der Waals surface area contributed by atoms with Crippen LogP contribution in [0.25, 0.3) is 0 Å².